The van der Waals surface area contributed by atoms with Gasteiger partial charge in [0.15, 0.2) is 0 Å². The van der Waals surface area contributed by atoms with E-state index in [9.17, 15) is 18.5 Å². The molecule has 10 heteroatoms. The molecule has 0 bridgehead atoms. The van der Waals surface area contributed by atoms with Crippen molar-refractivity contribution in [1.82, 2.24) is 4.31 Å². The van der Waals surface area contributed by atoms with E-state index in [2.05, 4.69) is 10.5 Å². The molecular weight excluding hydrogens is 376 g/mol. The summed E-state index contributed by atoms with van der Waals surface area (Å²) in [6.45, 7) is 5.97. The van der Waals surface area contributed by atoms with Gasteiger partial charge in [-0.15, -0.1) is 11.3 Å². The molecule has 140 valence electrons. The van der Waals surface area contributed by atoms with Gasteiger partial charge in [0.05, 0.1) is 16.0 Å². The molecule has 1 aromatic heterocycles. The van der Waals surface area contributed by atoms with Crippen LogP contribution in [0.25, 0.3) is 0 Å². The Morgan fingerprint density at radius 1 is 1.27 bits per heavy atom. The summed E-state index contributed by atoms with van der Waals surface area (Å²) in [6, 6.07) is 7.58. The van der Waals surface area contributed by atoms with Gasteiger partial charge in [0, 0.05) is 28.9 Å². The van der Waals surface area contributed by atoms with Crippen molar-refractivity contribution in [3.63, 3.8) is 0 Å². The maximum Gasteiger partial charge on any atom is 0.295 e. The fourth-order valence-corrected chi connectivity index (χ4v) is 4.55. The summed E-state index contributed by atoms with van der Waals surface area (Å²) in [7, 11) is -3.77. The van der Waals surface area contributed by atoms with E-state index in [0.717, 1.165) is 15.8 Å². The monoisotopic (exact) mass is 396 g/mol. The van der Waals surface area contributed by atoms with Crippen LogP contribution in [0.2, 0.25) is 0 Å². The van der Waals surface area contributed by atoms with Gasteiger partial charge in [-0.05, 0) is 31.2 Å². The highest BCUT2D eigenvalue weighted by Gasteiger charge is 2.25. The maximum absolute atomic E-state index is 12.5. The normalized spacial score (nSPS) is 12.0. The standard InChI is InChI=1S/C16H20N4O4S2/c1-4-19(5-2)26(23,24)14-8-9-15(16(10-14)20(21)22)18-17-11-13-7-6-12(3)25-13/h6-11,18H,4-5H2,1-3H3/b17-11-. The second kappa shape index (κ2) is 8.39. The molecule has 2 aromatic rings. The number of aryl methyl sites for hydroxylation is 1. The molecule has 1 heterocycles. The first-order valence-electron chi connectivity index (χ1n) is 7.93. The number of rotatable bonds is 8. The van der Waals surface area contributed by atoms with Crippen molar-refractivity contribution in [1.29, 1.82) is 0 Å². The van der Waals surface area contributed by atoms with E-state index in [-0.39, 0.29) is 29.4 Å². The third kappa shape index (κ3) is 4.45. The molecule has 0 radical (unpaired) electrons. The Kier molecular flexibility index (Phi) is 6.46. The van der Waals surface area contributed by atoms with Gasteiger partial charge in [-0.3, -0.25) is 15.5 Å². The van der Waals surface area contributed by atoms with Gasteiger partial charge >= 0.3 is 0 Å². The number of thiophene rings is 1. The van der Waals surface area contributed by atoms with E-state index in [0.29, 0.717) is 0 Å². The molecule has 0 spiro atoms. The number of hydrogen-bond acceptors (Lipinski definition) is 7. The first kappa shape index (κ1) is 20.0. The summed E-state index contributed by atoms with van der Waals surface area (Å²) < 4.78 is 26.3. The number of nitrogens with zero attached hydrogens (tertiary/aromatic N) is 3. The summed E-state index contributed by atoms with van der Waals surface area (Å²) in [5, 5.41) is 15.4. The highest BCUT2D eigenvalue weighted by molar-refractivity contribution is 7.89. The SMILES string of the molecule is CCN(CC)S(=O)(=O)c1ccc(N/N=C\c2ccc(C)s2)c([N+](=O)[O-])c1. The van der Waals surface area contributed by atoms with Crippen LogP contribution in [0.5, 0.6) is 0 Å². The lowest BCUT2D eigenvalue weighted by molar-refractivity contribution is -0.384. The zero-order chi connectivity index (χ0) is 19.3. The minimum absolute atomic E-state index is 0.115. The molecule has 2 rings (SSSR count). The van der Waals surface area contributed by atoms with Gasteiger partial charge in [0.25, 0.3) is 5.69 Å². The van der Waals surface area contributed by atoms with E-state index in [1.807, 2.05) is 19.1 Å². The number of anilines is 1. The molecule has 0 aliphatic carbocycles. The molecule has 0 saturated heterocycles. The number of hydrogen-bond donors (Lipinski definition) is 1. The van der Waals surface area contributed by atoms with Crippen molar-refractivity contribution in [2.75, 3.05) is 18.5 Å². The zero-order valence-corrected chi connectivity index (χ0v) is 16.3. The Morgan fingerprint density at radius 2 is 1.96 bits per heavy atom. The van der Waals surface area contributed by atoms with Crippen LogP contribution in [0, 0.1) is 17.0 Å². The van der Waals surface area contributed by atoms with Crippen LogP contribution >= 0.6 is 11.3 Å². The van der Waals surface area contributed by atoms with E-state index in [1.54, 1.807) is 20.1 Å². The lowest BCUT2D eigenvalue weighted by atomic mass is 10.3. The van der Waals surface area contributed by atoms with E-state index >= 15 is 0 Å². The molecule has 1 N–H and O–H groups in total. The average molecular weight is 396 g/mol. The van der Waals surface area contributed by atoms with Crippen molar-refractivity contribution in [2.24, 2.45) is 5.10 Å². The lowest BCUT2D eigenvalue weighted by Gasteiger charge is -2.18. The molecule has 26 heavy (non-hydrogen) atoms. The van der Waals surface area contributed by atoms with E-state index < -0.39 is 14.9 Å². The molecule has 0 atom stereocenters. The second-order valence-corrected chi connectivity index (χ2v) is 8.60. The van der Waals surface area contributed by atoms with Crippen molar-refractivity contribution in [2.45, 2.75) is 25.7 Å². The van der Waals surface area contributed by atoms with Crippen LogP contribution < -0.4 is 5.43 Å². The molecule has 0 amide bonds. The van der Waals surface area contributed by atoms with E-state index in [4.69, 9.17) is 0 Å². The summed E-state index contributed by atoms with van der Waals surface area (Å²) in [6.07, 6.45) is 1.56. The molecule has 0 aliphatic rings. The van der Waals surface area contributed by atoms with Crippen LogP contribution in [0.3, 0.4) is 0 Å². The highest BCUT2D eigenvalue weighted by atomic mass is 32.2. The average Bonchev–Trinajstić information content (AvgIpc) is 3.01. The van der Waals surface area contributed by atoms with Crippen LogP contribution in [-0.2, 0) is 10.0 Å². The molecular formula is C16H20N4O4S2. The van der Waals surface area contributed by atoms with Crippen LogP contribution in [0.15, 0.2) is 40.3 Å². The predicted molar refractivity (Wildman–Crippen MR) is 103 cm³/mol. The molecule has 0 fully saturated rings. The van der Waals surface area contributed by atoms with Gasteiger partial charge in [-0.1, -0.05) is 13.8 Å². The van der Waals surface area contributed by atoms with Gasteiger partial charge in [0.1, 0.15) is 5.69 Å². The minimum Gasteiger partial charge on any atom is -0.272 e. The molecule has 0 aliphatic heterocycles. The number of nitrogens with one attached hydrogen (secondary N) is 1. The highest BCUT2D eigenvalue weighted by Crippen LogP contribution is 2.29. The van der Waals surface area contributed by atoms with Crippen molar-refractivity contribution in [3.05, 3.63) is 50.2 Å². The van der Waals surface area contributed by atoms with Gasteiger partial charge in [-0.25, -0.2) is 8.42 Å². The molecule has 0 saturated carbocycles. The summed E-state index contributed by atoms with van der Waals surface area (Å²) in [5.74, 6) is 0. The fourth-order valence-electron chi connectivity index (χ4n) is 2.32. The molecule has 1 aromatic carbocycles. The van der Waals surface area contributed by atoms with Crippen molar-refractivity contribution >= 4 is 38.9 Å². The smallest absolute Gasteiger partial charge is 0.272 e. The predicted octanol–water partition coefficient (Wildman–Crippen LogP) is 3.44. The Hall–Kier alpha value is -2.30. The number of nitro groups is 1. The van der Waals surface area contributed by atoms with Gasteiger partial charge in [0.2, 0.25) is 10.0 Å². The van der Waals surface area contributed by atoms with Crippen LogP contribution in [0.4, 0.5) is 11.4 Å². The van der Waals surface area contributed by atoms with Gasteiger partial charge in [-0.2, -0.15) is 9.41 Å². The first-order chi connectivity index (χ1) is 12.3. The van der Waals surface area contributed by atoms with E-state index in [1.165, 1.54) is 27.8 Å². The van der Waals surface area contributed by atoms with Crippen molar-refractivity contribution < 1.29 is 13.3 Å². The first-order valence-corrected chi connectivity index (χ1v) is 10.2. The quantitative estimate of drug-likeness (QED) is 0.418. The third-order valence-electron chi connectivity index (χ3n) is 3.65. The molecule has 8 nitrogen and oxygen atoms in total. The Morgan fingerprint density at radius 3 is 2.50 bits per heavy atom. The Bertz CT molecular complexity index is 918. The Balaban J connectivity index is 2.31. The van der Waals surface area contributed by atoms with Gasteiger partial charge < -0.3 is 0 Å². The maximum atomic E-state index is 12.5. The number of hydrazone groups is 1. The minimum atomic E-state index is -3.77. The summed E-state index contributed by atoms with van der Waals surface area (Å²) >= 11 is 1.54. The number of sulfonamides is 1. The Labute approximate surface area is 156 Å². The fraction of sp³-hybridized carbons (Fsp3) is 0.312. The van der Waals surface area contributed by atoms with Crippen molar-refractivity contribution in [3.8, 4) is 0 Å². The molecule has 0 unspecified atom stereocenters. The third-order valence-corrected chi connectivity index (χ3v) is 6.63. The lowest BCUT2D eigenvalue weighted by Crippen LogP contribution is -2.30. The van der Waals surface area contributed by atoms with Crippen LogP contribution in [0.1, 0.15) is 23.6 Å². The second-order valence-electron chi connectivity index (χ2n) is 5.34. The van der Waals surface area contributed by atoms with Crippen LogP contribution in [-0.4, -0.2) is 37.0 Å². The number of benzene rings is 1. The number of nitro benzene ring substituents is 1. The zero-order valence-electron chi connectivity index (χ0n) is 14.7. The summed E-state index contributed by atoms with van der Waals surface area (Å²) in [4.78, 5) is 12.6. The largest absolute Gasteiger partial charge is 0.295 e. The topological polar surface area (TPSA) is 105 Å². The summed E-state index contributed by atoms with van der Waals surface area (Å²) in [5.41, 5.74) is 2.39.